The first-order chi connectivity index (χ1) is 13.4. The van der Waals surface area contributed by atoms with Gasteiger partial charge in [-0.2, -0.15) is 0 Å². The molecule has 0 aliphatic carbocycles. The van der Waals surface area contributed by atoms with Crippen molar-refractivity contribution in [1.82, 2.24) is 4.90 Å². The van der Waals surface area contributed by atoms with Gasteiger partial charge in [-0.3, -0.25) is 4.79 Å². The minimum atomic E-state index is -0.919. The molecule has 0 fully saturated rings. The number of methoxy groups -OCH3 is 1. The molecule has 0 heterocycles. The highest BCUT2D eigenvalue weighted by atomic mass is 79.9. The van der Waals surface area contributed by atoms with E-state index in [4.69, 9.17) is 14.2 Å². The highest BCUT2D eigenvalue weighted by Crippen LogP contribution is 2.36. The van der Waals surface area contributed by atoms with Gasteiger partial charge in [-0.1, -0.05) is 30.3 Å². The number of halogens is 1. The van der Waals surface area contributed by atoms with Gasteiger partial charge in [0.25, 0.3) is 5.91 Å². The van der Waals surface area contributed by atoms with Gasteiger partial charge in [-0.05, 0) is 47.5 Å². The molecule has 2 aromatic rings. The van der Waals surface area contributed by atoms with Crippen molar-refractivity contribution in [2.24, 2.45) is 0 Å². The molecular formula is C21H24BrNO5. The third-order valence-corrected chi connectivity index (χ3v) is 4.61. The van der Waals surface area contributed by atoms with Crippen LogP contribution in [0.5, 0.6) is 11.5 Å². The zero-order chi connectivity index (χ0) is 20.7. The van der Waals surface area contributed by atoms with Gasteiger partial charge in [-0.25, -0.2) is 4.79 Å². The van der Waals surface area contributed by atoms with Gasteiger partial charge in [0.05, 0.1) is 23.8 Å². The maximum Gasteiger partial charge on any atom is 0.339 e. The fourth-order valence-corrected chi connectivity index (χ4v) is 3.20. The minimum Gasteiger partial charge on any atom is -0.493 e. The number of likely N-dealkylation sites (N-methyl/N-ethyl adjacent to an activating group) is 1. The number of carbonyl (C=O) groups is 2. The Balaban J connectivity index is 2.07. The van der Waals surface area contributed by atoms with Gasteiger partial charge in [-0.15, -0.1) is 0 Å². The molecule has 150 valence electrons. The second-order valence-electron chi connectivity index (χ2n) is 6.15. The summed E-state index contributed by atoms with van der Waals surface area (Å²) in [7, 11) is 3.17. The van der Waals surface area contributed by atoms with Crippen molar-refractivity contribution in [3.05, 3.63) is 58.1 Å². The fourth-order valence-electron chi connectivity index (χ4n) is 2.65. The number of carbonyl (C=O) groups excluding carboxylic acids is 2. The van der Waals surface area contributed by atoms with E-state index in [1.807, 2.05) is 37.3 Å². The van der Waals surface area contributed by atoms with Crippen LogP contribution in [0.25, 0.3) is 0 Å². The molecule has 28 heavy (non-hydrogen) atoms. The number of hydrogen-bond acceptors (Lipinski definition) is 5. The van der Waals surface area contributed by atoms with Crippen LogP contribution in [-0.2, 0) is 16.1 Å². The number of amides is 1. The van der Waals surface area contributed by atoms with E-state index in [9.17, 15) is 9.59 Å². The summed E-state index contributed by atoms with van der Waals surface area (Å²) < 4.78 is 16.7. The topological polar surface area (TPSA) is 65.1 Å². The van der Waals surface area contributed by atoms with Gasteiger partial charge in [0, 0.05) is 13.6 Å². The smallest absolute Gasteiger partial charge is 0.339 e. The molecule has 0 saturated heterocycles. The second-order valence-corrected chi connectivity index (χ2v) is 7.00. The zero-order valence-electron chi connectivity index (χ0n) is 16.4. The van der Waals surface area contributed by atoms with E-state index in [0.717, 1.165) is 5.56 Å². The molecule has 0 spiro atoms. The summed E-state index contributed by atoms with van der Waals surface area (Å²) in [5.74, 6) is 0.0156. The summed E-state index contributed by atoms with van der Waals surface area (Å²) in [4.78, 5) is 26.6. The van der Waals surface area contributed by atoms with Crippen molar-refractivity contribution < 1.29 is 23.8 Å². The van der Waals surface area contributed by atoms with Crippen LogP contribution in [0.3, 0.4) is 0 Å². The first-order valence-corrected chi connectivity index (χ1v) is 9.66. The lowest BCUT2D eigenvalue weighted by Gasteiger charge is -2.22. The summed E-state index contributed by atoms with van der Waals surface area (Å²) in [6.07, 6.45) is -0.919. The normalized spacial score (nSPS) is 11.5. The molecule has 0 bridgehead atoms. The Labute approximate surface area is 173 Å². The van der Waals surface area contributed by atoms with Crippen molar-refractivity contribution in [2.45, 2.75) is 26.5 Å². The molecule has 0 saturated carbocycles. The maximum absolute atomic E-state index is 12.5. The molecule has 0 N–H and O–H groups in total. The molecule has 1 unspecified atom stereocenters. The Morgan fingerprint density at radius 1 is 1.18 bits per heavy atom. The van der Waals surface area contributed by atoms with Crippen molar-refractivity contribution in [1.29, 1.82) is 0 Å². The van der Waals surface area contributed by atoms with Crippen LogP contribution in [0.15, 0.2) is 46.9 Å². The van der Waals surface area contributed by atoms with Gasteiger partial charge in [0.2, 0.25) is 0 Å². The van der Waals surface area contributed by atoms with Crippen molar-refractivity contribution in [2.75, 3.05) is 20.8 Å². The van der Waals surface area contributed by atoms with E-state index >= 15 is 0 Å². The molecule has 1 amide bonds. The predicted molar refractivity (Wildman–Crippen MR) is 110 cm³/mol. The lowest BCUT2D eigenvalue weighted by molar-refractivity contribution is -0.139. The summed E-state index contributed by atoms with van der Waals surface area (Å²) in [5.41, 5.74) is 1.26. The Morgan fingerprint density at radius 2 is 1.86 bits per heavy atom. The molecule has 1 atom stereocenters. The van der Waals surface area contributed by atoms with Gasteiger partial charge in [0.1, 0.15) is 0 Å². The SMILES string of the molecule is CCOc1c(Br)cc(C(=O)OC(C)C(=O)N(C)Cc2ccccc2)cc1OC. The second kappa shape index (κ2) is 10.1. The number of hydrogen-bond donors (Lipinski definition) is 0. The van der Waals surface area contributed by atoms with Crippen LogP contribution in [-0.4, -0.2) is 43.6 Å². The Morgan fingerprint density at radius 3 is 2.46 bits per heavy atom. The standard InChI is InChI=1S/C21H24BrNO5/c1-5-27-19-17(22)11-16(12-18(19)26-4)21(25)28-14(2)20(24)23(3)13-15-9-7-6-8-10-15/h6-12,14H,5,13H2,1-4H3. The van der Waals surface area contributed by atoms with Crippen molar-refractivity contribution >= 4 is 27.8 Å². The Bertz CT molecular complexity index is 825. The molecule has 7 heteroatoms. The molecule has 0 aromatic heterocycles. The maximum atomic E-state index is 12.5. The average Bonchev–Trinajstić information content (AvgIpc) is 2.69. The van der Waals surface area contributed by atoms with Crippen LogP contribution in [0, 0.1) is 0 Å². The molecule has 0 radical (unpaired) electrons. The first-order valence-electron chi connectivity index (χ1n) is 8.87. The molecule has 2 rings (SSSR count). The molecule has 2 aromatic carbocycles. The zero-order valence-corrected chi connectivity index (χ0v) is 18.0. The monoisotopic (exact) mass is 449 g/mol. The van der Waals surface area contributed by atoms with Gasteiger partial charge < -0.3 is 19.1 Å². The number of benzene rings is 2. The summed E-state index contributed by atoms with van der Waals surface area (Å²) >= 11 is 3.38. The van der Waals surface area contributed by atoms with E-state index in [0.29, 0.717) is 29.1 Å². The Kier molecular flexibility index (Phi) is 7.87. The third-order valence-electron chi connectivity index (χ3n) is 4.02. The highest BCUT2D eigenvalue weighted by molar-refractivity contribution is 9.10. The number of ether oxygens (including phenoxy) is 3. The van der Waals surface area contributed by atoms with Gasteiger partial charge in [0.15, 0.2) is 17.6 Å². The first kappa shape index (κ1) is 21.8. The van der Waals surface area contributed by atoms with Crippen LogP contribution in [0.4, 0.5) is 0 Å². The average molecular weight is 450 g/mol. The fraction of sp³-hybridized carbons (Fsp3) is 0.333. The Hall–Kier alpha value is -2.54. The van der Waals surface area contributed by atoms with Crippen LogP contribution in [0.1, 0.15) is 29.8 Å². The predicted octanol–water partition coefficient (Wildman–Crippen LogP) is 4.06. The summed E-state index contributed by atoms with van der Waals surface area (Å²) in [5, 5.41) is 0. The van der Waals surface area contributed by atoms with E-state index in [1.165, 1.54) is 18.1 Å². The summed E-state index contributed by atoms with van der Waals surface area (Å²) in [6, 6.07) is 12.7. The number of esters is 1. The lowest BCUT2D eigenvalue weighted by Crippen LogP contribution is -2.37. The highest BCUT2D eigenvalue weighted by Gasteiger charge is 2.24. The van der Waals surface area contributed by atoms with Crippen LogP contribution in [0.2, 0.25) is 0 Å². The van der Waals surface area contributed by atoms with E-state index < -0.39 is 12.1 Å². The molecule has 6 nitrogen and oxygen atoms in total. The quantitative estimate of drug-likeness (QED) is 0.568. The van der Waals surface area contributed by atoms with E-state index in [1.54, 1.807) is 20.0 Å². The molecular weight excluding hydrogens is 426 g/mol. The number of nitrogens with zero attached hydrogens (tertiary/aromatic N) is 1. The number of rotatable bonds is 8. The van der Waals surface area contributed by atoms with Crippen LogP contribution < -0.4 is 9.47 Å². The summed E-state index contributed by atoms with van der Waals surface area (Å²) in [6.45, 7) is 4.30. The van der Waals surface area contributed by atoms with E-state index in [-0.39, 0.29) is 11.5 Å². The van der Waals surface area contributed by atoms with Crippen molar-refractivity contribution in [3.8, 4) is 11.5 Å². The van der Waals surface area contributed by atoms with Crippen LogP contribution >= 0.6 is 15.9 Å². The van der Waals surface area contributed by atoms with Gasteiger partial charge >= 0.3 is 5.97 Å². The minimum absolute atomic E-state index is 0.262. The molecule has 0 aliphatic rings. The lowest BCUT2D eigenvalue weighted by atomic mass is 10.2. The van der Waals surface area contributed by atoms with E-state index in [2.05, 4.69) is 15.9 Å². The largest absolute Gasteiger partial charge is 0.493 e. The molecule has 0 aliphatic heterocycles. The third kappa shape index (κ3) is 5.48. The van der Waals surface area contributed by atoms with Crippen molar-refractivity contribution in [3.63, 3.8) is 0 Å².